The molecule has 0 saturated carbocycles. The van der Waals surface area contributed by atoms with Crippen molar-refractivity contribution in [3.63, 3.8) is 0 Å². The summed E-state index contributed by atoms with van der Waals surface area (Å²) < 4.78 is 39.1. The van der Waals surface area contributed by atoms with E-state index in [1.54, 1.807) is 30.3 Å². The van der Waals surface area contributed by atoms with Crippen LogP contribution in [0.4, 0.5) is 11.4 Å². The van der Waals surface area contributed by atoms with Crippen LogP contribution < -0.4 is 19.5 Å². The Morgan fingerprint density at radius 1 is 0.871 bits per heavy atom. The Bertz CT molecular complexity index is 1210. The van der Waals surface area contributed by atoms with Crippen molar-refractivity contribution in [3.05, 3.63) is 72.3 Å². The third-order valence-corrected chi connectivity index (χ3v) is 5.95. The second-order valence-corrected chi connectivity index (χ2v) is 8.50. The molecule has 1 heterocycles. The standard InChI is InChI=1S/C22H20N2O6S/c25-19-5-2-1-4-18(19)22(26)23-15-6-8-16(9-7-15)24-31(27,28)17-10-11-20-21(14-17)30-13-3-12-29-20/h1-2,4-11,14,24-25H,3,12-13H2,(H,23,26). The summed E-state index contributed by atoms with van der Waals surface area (Å²) in [5, 5.41) is 12.4. The van der Waals surface area contributed by atoms with E-state index in [0.717, 1.165) is 6.42 Å². The SMILES string of the molecule is O=C(Nc1ccc(NS(=O)(=O)c2ccc3c(c2)OCCCO3)cc1)c1ccccc1O. The van der Waals surface area contributed by atoms with E-state index in [-0.39, 0.29) is 16.2 Å². The van der Waals surface area contributed by atoms with Crippen LogP contribution in [-0.2, 0) is 10.0 Å². The molecule has 0 unspecified atom stereocenters. The molecule has 0 atom stereocenters. The highest BCUT2D eigenvalue weighted by Crippen LogP contribution is 2.32. The number of hydrogen-bond donors (Lipinski definition) is 3. The summed E-state index contributed by atoms with van der Waals surface area (Å²) in [5.41, 5.74) is 0.918. The van der Waals surface area contributed by atoms with E-state index >= 15 is 0 Å². The number of para-hydroxylation sites is 1. The number of sulfonamides is 1. The van der Waals surface area contributed by atoms with Crippen LogP contribution in [0.5, 0.6) is 17.2 Å². The number of hydrogen-bond acceptors (Lipinski definition) is 6. The zero-order valence-corrected chi connectivity index (χ0v) is 17.2. The van der Waals surface area contributed by atoms with E-state index in [9.17, 15) is 18.3 Å². The van der Waals surface area contributed by atoms with E-state index in [1.807, 2.05) is 0 Å². The molecule has 0 bridgehead atoms. The molecule has 9 heteroatoms. The quantitative estimate of drug-likeness (QED) is 0.559. The summed E-state index contributed by atoms with van der Waals surface area (Å²) in [6.07, 6.45) is 0.724. The van der Waals surface area contributed by atoms with E-state index in [1.165, 1.54) is 36.4 Å². The fourth-order valence-corrected chi connectivity index (χ4v) is 4.08. The Kier molecular flexibility index (Phi) is 5.68. The number of rotatable bonds is 5. The van der Waals surface area contributed by atoms with Gasteiger partial charge >= 0.3 is 0 Å². The minimum absolute atomic E-state index is 0.0497. The fraction of sp³-hybridized carbons (Fsp3) is 0.136. The first-order chi connectivity index (χ1) is 14.9. The summed E-state index contributed by atoms with van der Waals surface area (Å²) in [6, 6.07) is 16.8. The van der Waals surface area contributed by atoms with Gasteiger partial charge in [0.25, 0.3) is 15.9 Å². The Hall–Kier alpha value is -3.72. The van der Waals surface area contributed by atoms with E-state index in [2.05, 4.69) is 10.0 Å². The van der Waals surface area contributed by atoms with Gasteiger partial charge in [-0.25, -0.2) is 8.42 Å². The third-order valence-electron chi connectivity index (χ3n) is 4.57. The largest absolute Gasteiger partial charge is 0.507 e. The Morgan fingerprint density at radius 2 is 1.55 bits per heavy atom. The summed E-state index contributed by atoms with van der Waals surface area (Å²) in [7, 11) is -3.85. The maximum Gasteiger partial charge on any atom is 0.262 e. The Labute approximate surface area is 179 Å². The van der Waals surface area contributed by atoms with Gasteiger partial charge in [0.1, 0.15) is 5.75 Å². The van der Waals surface area contributed by atoms with Gasteiger partial charge in [-0.05, 0) is 48.5 Å². The van der Waals surface area contributed by atoms with Crippen molar-refractivity contribution in [2.45, 2.75) is 11.3 Å². The fourth-order valence-electron chi connectivity index (χ4n) is 3.01. The number of anilines is 2. The van der Waals surface area contributed by atoms with E-state index in [0.29, 0.717) is 36.1 Å². The van der Waals surface area contributed by atoms with Crippen LogP contribution in [-0.4, -0.2) is 32.6 Å². The van der Waals surface area contributed by atoms with Crippen molar-refractivity contribution in [3.8, 4) is 17.2 Å². The second kappa shape index (κ2) is 8.57. The number of fused-ring (bicyclic) bond motifs is 1. The summed E-state index contributed by atoms with van der Waals surface area (Å²) in [6.45, 7) is 0.974. The molecule has 0 radical (unpaired) electrons. The van der Waals surface area contributed by atoms with Crippen molar-refractivity contribution in [1.82, 2.24) is 0 Å². The van der Waals surface area contributed by atoms with Crippen LogP contribution >= 0.6 is 0 Å². The van der Waals surface area contributed by atoms with Gasteiger partial charge in [0.2, 0.25) is 0 Å². The Balaban J connectivity index is 1.46. The molecule has 0 saturated heterocycles. The average molecular weight is 440 g/mol. The minimum atomic E-state index is -3.85. The number of benzene rings is 3. The van der Waals surface area contributed by atoms with Crippen molar-refractivity contribution in [2.24, 2.45) is 0 Å². The first-order valence-corrected chi connectivity index (χ1v) is 11.0. The number of carbonyl (C=O) groups excluding carboxylic acids is 1. The first-order valence-electron chi connectivity index (χ1n) is 9.54. The van der Waals surface area contributed by atoms with Crippen LogP contribution in [0.1, 0.15) is 16.8 Å². The lowest BCUT2D eigenvalue weighted by molar-refractivity contribution is 0.102. The summed E-state index contributed by atoms with van der Waals surface area (Å²) in [4.78, 5) is 12.3. The minimum Gasteiger partial charge on any atom is -0.507 e. The number of phenolic OH excluding ortho intramolecular Hbond substituents is 1. The highest BCUT2D eigenvalue weighted by Gasteiger charge is 2.19. The second-order valence-electron chi connectivity index (χ2n) is 6.81. The van der Waals surface area contributed by atoms with E-state index < -0.39 is 15.9 Å². The topological polar surface area (TPSA) is 114 Å². The molecule has 160 valence electrons. The predicted octanol–water partition coefficient (Wildman–Crippen LogP) is 3.61. The van der Waals surface area contributed by atoms with Crippen molar-refractivity contribution in [2.75, 3.05) is 23.3 Å². The lowest BCUT2D eigenvalue weighted by Crippen LogP contribution is -2.14. The van der Waals surface area contributed by atoms with Gasteiger partial charge in [0.05, 0.1) is 23.7 Å². The van der Waals surface area contributed by atoms with E-state index in [4.69, 9.17) is 9.47 Å². The van der Waals surface area contributed by atoms with Crippen LogP contribution in [0.25, 0.3) is 0 Å². The number of aromatic hydroxyl groups is 1. The van der Waals surface area contributed by atoms with Gasteiger partial charge in [-0.1, -0.05) is 12.1 Å². The molecule has 1 aliphatic rings. The van der Waals surface area contributed by atoms with Crippen LogP contribution in [0.15, 0.2) is 71.6 Å². The molecular weight excluding hydrogens is 420 g/mol. The number of ether oxygens (including phenoxy) is 2. The van der Waals surface area contributed by atoms with Crippen molar-refractivity contribution in [1.29, 1.82) is 0 Å². The normalized spacial score (nSPS) is 13.2. The van der Waals surface area contributed by atoms with Gasteiger partial charge in [-0.15, -0.1) is 0 Å². The highest BCUT2D eigenvalue weighted by molar-refractivity contribution is 7.92. The number of phenols is 1. The zero-order valence-electron chi connectivity index (χ0n) is 16.4. The highest BCUT2D eigenvalue weighted by atomic mass is 32.2. The molecule has 0 spiro atoms. The molecule has 0 aromatic heterocycles. The molecule has 4 rings (SSSR count). The predicted molar refractivity (Wildman–Crippen MR) is 115 cm³/mol. The van der Waals surface area contributed by atoms with Gasteiger partial charge in [-0.2, -0.15) is 0 Å². The molecule has 1 aliphatic heterocycles. The molecule has 1 amide bonds. The lowest BCUT2D eigenvalue weighted by atomic mass is 10.2. The van der Waals surface area contributed by atoms with Crippen molar-refractivity contribution >= 4 is 27.3 Å². The number of nitrogens with one attached hydrogen (secondary N) is 2. The molecular formula is C22H20N2O6S. The maximum absolute atomic E-state index is 12.8. The monoisotopic (exact) mass is 440 g/mol. The van der Waals surface area contributed by atoms with Crippen LogP contribution in [0.2, 0.25) is 0 Å². The van der Waals surface area contributed by atoms with Gasteiger partial charge < -0.3 is 19.9 Å². The molecule has 0 fully saturated rings. The van der Waals surface area contributed by atoms with Gasteiger partial charge in [-0.3, -0.25) is 9.52 Å². The average Bonchev–Trinajstić information content (AvgIpc) is 3.00. The third kappa shape index (κ3) is 4.72. The maximum atomic E-state index is 12.8. The molecule has 3 N–H and O–H groups in total. The molecule has 3 aromatic carbocycles. The molecule has 8 nitrogen and oxygen atoms in total. The zero-order chi connectivity index (χ0) is 21.8. The van der Waals surface area contributed by atoms with Crippen LogP contribution in [0, 0.1) is 0 Å². The molecule has 0 aliphatic carbocycles. The lowest BCUT2D eigenvalue weighted by Gasteiger charge is -2.12. The first kappa shape index (κ1) is 20.5. The summed E-state index contributed by atoms with van der Waals surface area (Å²) in [5.74, 6) is 0.307. The van der Waals surface area contributed by atoms with Crippen molar-refractivity contribution < 1.29 is 27.8 Å². The number of carbonyl (C=O) groups is 1. The molecule has 31 heavy (non-hydrogen) atoms. The van der Waals surface area contributed by atoms with Gasteiger partial charge in [0.15, 0.2) is 11.5 Å². The smallest absolute Gasteiger partial charge is 0.262 e. The van der Waals surface area contributed by atoms with Crippen LogP contribution in [0.3, 0.4) is 0 Å². The Morgan fingerprint density at radius 3 is 2.29 bits per heavy atom. The summed E-state index contributed by atoms with van der Waals surface area (Å²) >= 11 is 0. The molecule has 3 aromatic rings. The van der Waals surface area contributed by atoms with Gasteiger partial charge in [0, 0.05) is 23.9 Å². The number of amides is 1.